The molecule has 0 aliphatic carbocycles. The van der Waals surface area contributed by atoms with Gasteiger partial charge in [0, 0.05) is 5.02 Å². The second kappa shape index (κ2) is 11.3. The van der Waals surface area contributed by atoms with Crippen molar-refractivity contribution in [1.82, 2.24) is 10.4 Å². The third-order valence-electron chi connectivity index (χ3n) is 5.17. The van der Waals surface area contributed by atoms with Gasteiger partial charge in [-0.2, -0.15) is 5.01 Å². The van der Waals surface area contributed by atoms with E-state index in [-0.39, 0.29) is 9.88 Å². The first-order valence-corrected chi connectivity index (χ1v) is 12.6. The number of hydrazine groups is 1. The number of nitrogens with zero attached hydrogens (tertiary/aromatic N) is 1. The van der Waals surface area contributed by atoms with Gasteiger partial charge in [-0.3, -0.25) is 15.0 Å². The van der Waals surface area contributed by atoms with Gasteiger partial charge < -0.3 is 9.47 Å². The predicted molar refractivity (Wildman–Crippen MR) is 147 cm³/mol. The third kappa shape index (κ3) is 6.02. The zero-order valence-corrected chi connectivity index (χ0v) is 22.4. The van der Waals surface area contributed by atoms with Gasteiger partial charge in [0.25, 0.3) is 11.8 Å². The normalized spacial score (nSPS) is 14.3. The summed E-state index contributed by atoms with van der Waals surface area (Å²) in [7, 11) is 1.54. The maximum absolute atomic E-state index is 13.0. The van der Waals surface area contributed by atoms with Gasteiger partial charge >= 0.3 is 0 Å². The molecule has 184 valence electrons. The Hall–Kier alpha value is -3.04. The minimum absolute atomic E-state index is 0.206. The molecule has 1 heterocycles. The van der Waals surface area contributed by atoms with Crippen LogP contribution in [-0.2, 0) is 11.4 Å². The van der Waals surface area contributed by atoms with Crippen LogP contribution in [0.25, 0.3) is 6.08 Å². The van der Waals surface area contributed by atoms with Gasteiger partial charge in [0.05, 0.1) is 22.6 Å². The molecule has 0 spiro atoms. The lowest BCUT2D eigenvalue weighted by Crippen LogP contribution is -2.44. The van der Waals surface area contributed by atoms with Crippen LogP contribution in [0.15, 0.2) is 65.6 Å². The number of rotatable bonds is 7. The average molecular weight is 559 g/mol. The second-order valence-corrected chi connectivity index (χ2v) is 10.3. The number of carbonyl (C=O) groups is 2. The SMILES string of the molecule is COc1cc(/C=C2/SC(=S)N(NC(=O)c3ccc(C)cc3Cl)C2=O)ccc1OCc1ccc(Cl)cc1. The number of benzene rings is 3. The van der Waals surface area contributed by atoms with E-state index in [0.29, 0.717) is 38.6 Å². The Morgan fingerprint density at radius 2 is 1.83 bits per heavy atom. The highest BCUT2D eigenvalue weighted by Gasteiger charge is 2.34. The van der Waals surface area contributed by atoms with E-state index >= 15 is 0 Å². The number of hydrogen-bond donors (Lipinski definition) is 1. The minimum Gasteiger partial charge on any atom is -0.493 e. The van der Waals surface area contributed by atoms with Crippen LogP contribution >= 0.6 is 47.2 Å². The molecule has 1 N–H and O–H groups in total. The number of thioether (sulfide) groups is 1. The number of halogens is 2. The molecule has 0 radical (unpaired) electrons. The van der Waals surface area contributed by atoms with Crippen molar-refractivity contribution in [3.05, 3.63) is 97.9 Å². The molecule has 3 aromatic rings. The predicted octanol–water partition coefficient (Wildman–Crippen LogP) is 6.44. The highest BCUT2D eigenvalue weighted by molar-refractivity contribution is 8.26. The molecule has 6 nitrogen and oxygen atoms in total. The van der Waals surface area contributed by atoms with Crippen LogP contribution < -0.4 is 14.9 Å². The number of carbonyl (C=O) groups excluding carboxylic acids is 2. The zero-order chi connectivity index (χ0) is 25.8. The second-order valence-electron chi connectivity index (χ2n) is 7.77. The minimum atomic E-state index is -0.526. The third-order valence-corrected chi connectivity index (χ3v) is 7.04. The van der Waals surface area contributed by atoms with Crippen molar-refractivity contribution in [3.8, 4) is 11.5 Å². The number of amides is 2. The summed E-state index contributed by atoms with van der Waals surface area (Å²) in [5.74, 6) is 0.0971. The first-order valence-electron chi connectivity index (χ1n) is 10.7. The lowest BCUT2D eigenvalue weighted by Gasteiger charge is -2.16. The van der Waals surface area contributed by atoms with E-state index < -0.39 is 11.8 Å². The standard InChI is InChI=1S/C26H20Cl2N2O4S2/c1-15-3-9-19(20(28)11-15)24(31)29-30-25(32)23(36-26(30)35)13-17-6-10-21(22(12-17)33-2)34-14-16-4-7-18(27)8-5-16/h3-13H,14H2,1-2H3,(H,29,31)/b23-13+. The summed E-state index contributed by atoms with van der Waals surface area (Å²) in [6.45, 7) is 2.21. The fourth-order valence-electron chi connectivity index (χ4n) is 3.32. The topological polar surface area (TPSA) is 67.9 Å². The molecular formula is C26H20Cl2N2O4S2. The smallest absolute Gasteiger partial charge is 0.285 e. The van der Waals surface area contributed by atoms with Crippen molar-refractivity contribution in [3.63, 3.8) is 0 Å². The van der Waals surface area contributed by atoms with Crippen LogP contribution in [-0.4, -0.2) is 28.3 Å². The van der Waals surface area contributed by atoms with Gasteiger partial charge in [0.1, 0.15) is 6.61 Å². The number of methoxy groups -OCH3 is 1. The van der Waals surface area contributed by atoms with Crippen LogP contribution in [0.5, 0.6) is 11.5 Å². The Labute approximate surface area is 228 Å². The average Bonchev–Trinajstić information content (AvgIpc) is 3.11. The zero-order valence-electron chi connectivity index (χ0n) is 19.2. The molecule has 1 fully saturated rings. The molecule has 2 amide bonds. The Morgan fingerprint density at radius 3 is 2.53 bits per heavy atom. The Bertz CT molecular complexity index is 1380. The van der Waals surface area contributed by atoms with Crippen LogP contribution in [0.4, 0.5) is 0 Å². The van der Waals surface area contributed by atoms with Gasteiger partial charge in [0.2, 0.25) is 0 Å². The van der Waals surface area contributed by atoms with Crippen molar-refractivity contribution in [2.24, 2.45) is 0 Å². The van der Waals surface area contributed by atoms with E-state index in [9.17, 15) is 9.59 Å². The Balaban J connectivity index is 1.47. The quantitative estimate of drug-likeness (QED) is 0.266. The van der Waals surface area contributed by atoms with Crippen LogP contribution in [0.3, 0.4) is 0 Å². The van der Waals surface area contributed by atoms with Crippen LogP contribution in [0, 0.1) is 6.92 Å². The summed E-state index contributed by atoms with van der Waals surface area (Å²) in [5, 5.41) is 1.99. The summed E-state index contributed by atoms with van der Waals surface area (Å²) in [5.41, 5.74) is 5.38. The molecule has 0 atom stereocenters. The lowest BCUT2D eigenvalue weighted by molar-refractivity contribution is -0.123. The van der Waals surface area contributed by atoms with E-state index in [1.807, 2.05) is 19.1 Å². The van der Waals surface area contributed by atoms with E-state index in [4.69, 9.17) is 44.9 Å². The van der Waals surface area contributed by atoms with Gasteiger partial charge in [-0.1, -0.05) is 59.2 Å². The number of ether oxygens (including phenoxy) is 2. The molecule has 3 aromatic carbocycles. The Kier molecular flexibility index (Phi) is 8.21. The van der Waals surface area contributed by atoms with E-state index in [1.54, 1.807) is 61.7 Å². The van der Waals surface area contributed by atoms with E-state index in [0.717, 1.165) is 27.9 Å². The molecule has 1 saturated heterocycles. The van der Waals surface area contributed by atoms with Crippen molar-refractivity contribution in [1.29, 1.82) is 0 Å². The fraction of sp³-hybridized carbons (Fsp3) is 0.115. The fourth-order valence-corrected chi connectivity index (χ4v) is 4.94. The first-order chi connectivity index (χ1) is 17.2. The highest BCUT2D eigenvalue weighted by Crippen LogP contribution is 2.34. The van der Waals surface area contributed by atoms with Crippen molar-refractivity contribution >= 4 is 69.4 Å². The largest absolute Gasteiger partial charge is 0.493 e. The number of nitrogens with one attached hydrogen (secondary N) is 1. The lowest BCUT2D eigenvalue weighted by atomic mass is 10.1. The molecule has 0 aromatic heterocycles. The van der Waals surface area contributed by atoms with E-state index in [2.05, 4.69) is 5.43 Å². The van der Waals surface area contributed by atoms with Crippen LogP contribution in [0.1, 0.15) is 27.0 Å². The summed E-state index contributed by atoms with van der Waals surface area (Å²) >= 11 is 18.5. The Morgan fingerprint density at radius 1 is 1.08 bits per heavy atom. The maximum atomic E-state index is 13.0. The van der Waals surface area contributed by atoms with Crippen molar-refractivity contribution in [2.75, 3.05) is 7.11 Å². The summed E-state index contributed by atoms with van der Waals surface area (Å²) in [6, 6.07) is 17.7. The first kappa shape index (κ1) is 26.0. The summed E-state index contributed by atoms with van der Waals surface area (Å²) < 4.78 is 11.6. The van der Waals surface area contributed by atoms with Gasteiger partial charge in [0.15, 0.2) is 15.8 Å². The molecule has 0 unspecified atom stereocenters. The number of aryl methyl sites for hydroxylation is 1. The highest BCUT2D eigenvalue weighted by atomic mass is 35.5. The molecule has 10 heteroatoms. The molecule has 36 heavy (non-hydrogen) atoms. The molecular weight excluding hydrogens is 539 g/mol. The summed E-state index contributed by atoms with van der Waals surface area (Å²) in [4.78, 5) is 26.0. The molecule has 1 aliphatic heterocycles. The van der Waals surface area contributed by atoms with Crippen molar-refractivity contribution in [2.45, 2.75) is 13.5 Å². The number of hydrogen-bond acceptors (Lipinski definition) is 6. The molecule has 4 rings (SSSR count). The van der Waals surface area contributed by atoms with Gasteiger partial charge in [-0.05, 0) is 78.3 Å². The van der Waals surface area contributed by atoms with Gasteiger partial charge in [-0.25, -0.2) is 0 Å². The van der Waals surface area contributed by atoms with E-state index in [1.165, 1.54) is 0 Å². The summed E-state index contributed by atoms with van der Waals surface area (Å²) in [6.07, 6.45) is 1.68. The number of thiocarbonyl (C=S) groups is 1. The molecule has 0 bridgehead atoms. The van der Waals surface area contributed by atoms with Gasteiger partial charge in [-0.15, -0.1) is 0 Å². The van der Waals surface area contributed by atoms with Crippen LogP contribution in [0.2, 0.25) is 10.0 Å². The maximum Gasteiger partial charge on any atom is 0.285 e. The molecule has 0 saturated carbocycles. The van der Waals surface area contributed by atoms with Crippen molar-refractivity contribution < 1.29 is 19.1 Å². The molecule has 1 aliphatic rings. The monoisotopic (exact) mass is 558 g/mol.